The van der Waals surface area contributed by atoms with E-state index in [2.05, 4.69) is 10.1 Å². The first kappa shape index (κ1) is 20.3. The molecule has 28 heavy (non-hydrogen) atoms. The number of hydrogen-bond acceptors (Lipinski definition) is 4. The van der Waals surface area contributed by atoms with Gasteiger partial charge in [-0.05, 0) is 36.8 Å². The van der Waals surface area contributed by atoms with Crippen molar-refractivity contribution in [2.24, 2.45) is 5.92 Å². The zero-order valence-electron chi connectivity index (χ0n) is 15.8. The minimum Gasteiger partial charge on any atom is -0.396 e. The van der Waals surface area contributed by atoms with Crippen LogP contribution >= 0.6 is 0 Å². The predicted molar refractivity (Wildman–Crippen MR) is 96.2 cm³/mol. The first-order chi connectivity index (χ1) is 13.2. The van der Waals surface area contributed by atoms with Crippen LogP contribution in [0.15, 0.2) is 24.5 Å². The molecule has 2 aromatic heterocycles. The average molecular weight is 396 g/mol. The standard InChI is InChI=1S/C19H23F3N4O2/c1-12(2)17-15(18(28)25-7-3-4-13(10-25)11-27)9-24-26(17)16-6-5-14(8-23-16)19(20,21)22/h5-6,8-9,12-13,27H,3-4,7,10-11H2,1-2H3. The Morgan fingerprint density at radius 1 is 1.32 bits per heavy atom. The van der Waals surface area contributed by atoms with Gasteiger partial charge in [0.1, 0.15) is 0 Å². The van der Waals surface area contributed by atoms with Crippen LogP contribution in [0.2, 0.25) is 0 Å². The summed E-state index contributed by atoms with van der Waals surface area (Å²) >= 11 is 0. The number of aliphatic hydroxyl groups excluding tert-OH is 1. The van der Waals surface area contributed by atoms with Gasteiger partial charge in [0.25, 0.3) is 5.91 Å². The van der Waals surface area contributed by atoms with Gasteiger partial charge in [0.05, 0.1) is 23.0 Å². The molecule has 0 aliphatic carbocycles. The Bertz CT molecular complexity index is 831. The van der Waals surface area contributed by atoms with Crippen LogP contribution in [0, 0.1) is 5.92 Å². The summed E-state index contributed by atoms with van der Waals surface area (Å²) in [6.45, 7) is 4.91. The van der Waals surface area contributed by atoms with Crippen LogP contribution < -0.4 is 0 Å². The topological polar surface area (TPSA) is 71.2 Å². The number of rotatable bonds is 4. The first-order valence-corrected chi connectivity index (χ1v) is 9.24. The van der Waals surface area contributed by atoms with Crippen LogP contribution in [0.1, 0.15) is 54.2 Å². The van der Waals surface area contributed by atoms with Crippen molar-refractivity contribution in [2.45, 2.75) is 38.8 Å². The maximum atomic E-state index is 13.0. The van der Waals surface area contributed by atoms with Crippen molar-refractivity contribution in [1.29, 1.82) is 0 Å². The summed E-state index contributed by atoms with van der Waals surface area (Å²) in [7, 11) is 0. The van der Waals surface area contributed by atoms with Crippen molar-refractivity contribution < 1.29 is 23.1 Å². The van der Waals surface area contributed by atoms with Crippen molar-refractivity contribution in [3.05, 3.63) is 41.3 Å². The highest BCUT2D eigenvalue weighted by Gasteiger charge is 2.32. The third-order valence-electron chi connectivity index (χ3n) is 4.94. The molecule has 1 fully saturated rings. The van der Waals surface area contributed by atoms with Gasteiger partial charge in [0.2, 0.25) is 0 Å². The molecule has 0 saturated carbocycles. The van der Waals surface area contributed by atoms with Crippen LogP contribution in [-0.4, -0.2) is 50.4 Å². The molecule has 1 N–H and O–H groups in total. The van der Waals surface area contributed by atoms with Gasteiger partial charge in [-0.1, -0.05) is 13.8 Å². The molecule has 1 unspecified atom stereocenters. The molecule has 152 valence electrons. The summed E-state index contributed by atoms with van der Waals surface area (Å²) in [5.74, 6) is 0.0124. The lowest BCUT2D eigenvalue weighted by Crippen LogP contribution is -2.41. The average Bonchev–Trinajstić information content (AvgIpc) is 3.12. The number of alkyl halides is 3. The van der Waals surface area contributed by atoms with E-state index in [0.717, 1.165) is 25.1 Å². The highest BCUT2D eigenvalue weighted by molar-refractivity contribution is 5.95. The number of carbonyl (C=O) groups is 1. The highest BCUT2D eigenvalue weighted by Crippen LogP contribution is 2.30. The molecule has 1 saturated heterocycles. The fourth-order valence-electron chi connectivity index (χ4n) is 3.51. The molecule has 1 aliphatic heterocycles. The Labute approximate surface area is 161 Å². The van der Waals surface area contributed by atoms with E-state index in [9.17, 15) is 23.1 Å². The summed E-state index contributed by atoms with van der Waals surface area (Å²) in [5.41, 5.74) is 0.174. The molecule has 2 aromatic rings. The van der Waals surface area contributed by atoms with Gasteiger partial charge in [0.15, 0.2) is 5.82 Å². The second-order valence-corrected chi connectivity index (χ2v) is 7.35. The molecule has 0 radical (unpaired) electrons. The Hall–Kier alpha value is -2.42. The van der Waals surface area contributed by atoms with Gasteiger partial charge in [-0.15, -0.1) is 0 Å². The lowest BCUT2D eigenvalue weighted by atomic mass is 9.97. The fraction of sp³-hybridized carbons (Fsp3) is 0.526. The lowest BCUT2D eigenvalue weighted by molar-refractivity contribution is -0.137. The zero-order chi connectivity index (χ0) is 20.5. The molecule has 1 atom stereocenters. The minimum absolute atomic E-state index is 0.0373. The summed E-state index contributed by atoms with van der Waals surface area (Å²) in [4.78, 5) is 18.6. The molecule has 3 rings (SSSR count). The maximum absolute atomic E-state index is 13.0. The number of pyridine rings is 1. The van der Waals surface area contributed by atoms with Crippen LogP contribution in [0.4, 0.5) is 13.2 Å². The number of likely N-dealkylation sites (tertiary alicyclic amines) is 1. The van der Waals surface area contributed by atoms with E-state index in [1.807, 2.05) is 13.8 Å². The highest BCUT2D eigenvalue weighted by atomic mass is 19.4. The number of aromatic nitrogens is 3. The second kappa shape index (κ2) is 7.90. The largest absolute Gasteiger partial charge is 0.417 e. The maximum Gasteiger partial charge on any atom is 0.417 e. The molecule has 0 aromatic carbocycles. The summed E-state index contributed by atoms with van der Waals surface area (Å²) < 4.78 is 39.7. The third kappa shape index (κ3) is 4.04. The van der Waals surface area contributed by atoms with Gasteiger partial charge in [-0.25, -0.2) is 9.67 Å². The number of amides is 1. The van der Waals surface area contributed by atoms with Gasteiger partial charge in [-0.3, -0.25) is 4.79 Å². The molecule has 0 spiro atoms. The van der Waals surface area contributed by atoms with E-state index in [-0.39, 0.29) is 30.2 Å². The van der Waals surface area contributed by atoms with E-state index >= 15 is 0 Å². The minimum atomic E-state index is -4.46. The monoisotopic (exact) mass is 396 g/mol. The molecular weight excluding hydrogens is 373 g/mol. The Morgan fingerprint density at radius 2 is 2.07 bits per heavy atom. The van der Waals surface area contributed by atoms with E-state index in [1.165, 1.54) is 16.9 Å². The van der Waals surface area contributed by atoms with Crippen LogP contribution in [-0.2, 0) is 6.18 Å². The van der Waals surface area contributed by atoms with Gasteiger partial charge < -0.3 is 10.0 Å². The summed E-state index contributed by atoms with van der Waals surface area (Å²) in [5, 5.41) is 13.6. The predicted octanol–water partition coefficient (Wildman–Crippen LogP) is 3.25. The number of nitrogens with zero attached hydrogens (tertiary/aromatic N) is 4. The Morgan fingerprint density at radius 3 is 2.64 bits per heavy atom. The second-order valence-electron chi connectivity index (χ2n) is 7.35. The van der Waals surface area contributed by atoms with E-state index in [4.69, 9.17) is 0 Å². The third-order valence-corrected chi connectivity index (χ3v) is 4.94. The first-order valence-electron chi connectivity index (χ1n) is 9.24. The smallest absolute Gasteiger partial charge is 0.396 e. The van der Waals surface area contributed by atoms with E-state index < -0.39 is 11.7 Å². The van der Waals surface area contributed by atoms with Crippen molar-refractivity contribution in [3.8, 4) is 5.82 Å². The van der Waals surface area contributed by atoms with Crippen LogP contribution in [0.5, 0.6) is 0 Å². The molecule has 3 heterocycles. The van der Waals surface area contributed by atoms with Crippen molar-refractivity contribution >= 4 is 5.91 Å². The Kier molecular flexibility index (Phi) is 5.74. The van der Waals surface area contributed by atoms with Crippen molar-refractivity contribution in [3.63, 3.8) is 0 Å². The number of hydrogen-bond donors (Lipinski definition) is 1. The fourth-order valence-corrected chi connectivity index (χ4v) is 3.51. The Balaban J connectivity index is 1.93. The summed E-state index contributed by atoms with van der Waals surface area (Å²) in [6.07, 6.45) is -0.553. The SMILES string of the molecule is CC(C)c1c(C(=O)N2CCCC(CO)C2)cnn1-c1ccc(C(F)(F)F)cn1. The van der Waals surface area contributed by atoms with Crippen molar-refractivity contribution in [2.75, 3.05) is 19.7 Å². The van der Waals surface area contributed by atoms with Crippen molar-refractivity contribution in [1.82, 2.24) is 19.7 Å². The number of aliphatic hydroxyl groups is 1. The van der Waals surface area contributed by atoms with E-state index in [0.29, 0.717) is 24.3 Å². The van der Waals surface area contributed by atoms with Gasteiger partial charge in [-0.2, -0.15) is 18.3 Å². The molecule has 9 heteroatoms. The van der Waals surface area contributed by atoms with Crippen LogP contribution in [0.25, 0.3) is 5.82 Å². The van der Waals surface area contributed by atoms with E-state index in [1.54, 1.807) is 4.90 Å². The van der Waals surface area contributed by atoms with Crippen LogP contribution in [0.3, 0.4) is 0 Å². The lowest BCUT2D eigenvalue weighted by Gasteiger charge is -2.32. The molecule has 6 nitrogen and oxygen atoms in total. The number of halogens is 3. The summed E-state index contributed by atoms with van der Waals surface area (Å²) in [6, 6.07) is 2.20. The number of carbonyl (C=O) groups excluding carboxylic acids is 1. The molecule has 1 amide bonds. The van der Waals surface area contributed by atoms with Gasteiger partial charge >= 0.3 is 6.18 Å². The molecule has 1 aliphatic rings. The zero-order valence-corrected chi connectivity index (χ0v) is 15.8. The molecular formula is C19H23F3N4O2. The quantitative estimate of drug-likeness (QED) is 0.861. The normalized spacial score (nSPS) is 18.0. The van der Waals surface area contributed by atoms with Gasteiger partial charge in [0, 0.05) is 25.9 Å². The molecule has 0 bridgehead atoms. The number of piperidine rings is 1.